The normalized spacial score (nSPS) is 18.3. The molecular weight excluding hydrogens is 530 g/mol. The molecule has 9 nitrogen and oxygen atoms in total. The van der Waals surface area contributed by atoms with Crippen molar-refractivity contribution in [2.75, 3.05) is 13.7 Å². The first kappa shape index (κ1) is 30.9. The number of hydrogen-bond donors (Lipinski definition) is 3. The summed E-state index contributed by atoms with van der Waals surface area (Å²) in [5, 5.41) is 6.04. The number of amides is 3. The molecular formula is C30H40ClN5O4. The van der Waals surface area contributed by atoms with E-state index in [1.54, 1.807) is 23.1 Å². The van der Waals surface area contributed by atoms with Gasteiger partial charge in [-0.15, -0.1) is 0 Å². The van der Waals surface area contributed by atoms with Gasteiger partial charge in [0.2, 0.25) is 5.91 Å². The van der Waals surface area contributed by atoms with Crippen molar-refractivity contribution in [3.63, 3.8) is 0 Å². The number of carbonyl (C=O) groups is 3. The Morgan fingerprint density at radius 1 is 1.15 bits per heavy atom. The Morgan fingerprint density at radius 2 is 1.88 bits per heavy atom. The molecule has 0 aliphatic carbocycles. The lowest BCUT2D eigenvalue weighted by atomic mass is 9.82. The highest BCUT2D eigenvalue weighted by atomic mass is 35.5. The number of nitrogens with one attached hydrogen (secondary N) is 2. The highest BCUT2D eigenvalue weighted by molar-refractivity contribution is 6.30. The molecule has 2 aromatic carbocycles. The molecule has 1 unspecified atom stereocenters. The summed E-state index contributed by atoms with van der Waals surface area (Å²) in [6, 6.07) is 15.7. The summed E-state index contributed by atoms with van der Waals surface area (Å²) in [6.45, 7) is 6.51. The molecule has 4 N–H and O–H groups in total. The summed E-state index contributed by atoms with van der Waals surface area (Å²) in [5.74, 6) is 0.0186. The van der Waals surface area contributed by atoms with E-state index in [0.717, 1.165) is 11.1 Å². The second-order valence-corrected chi connectivity index (χ2v) is 10.9. The summed E-state index contributed by atoms with van der Waals surface area (Å²) in [5.41, 5.74) is 7.00. The molecule has 0 aromatic heterocycles. The van der Waals surface area contributed by atoms with Gasteiger partial charge in [-0.2, -0.15) is 0 Å². The minimum absolute atomic E-state index is 0.107. The van der Waals surface area contributed by atoms with Gasteiger partial charge >= 0.3 is 6.09 Å². The fraction of sp³-hybridized carbons (Fsp3) is 0.467. The number of nitrogens with two attached hydrogens (primary N) is 1. The Kier molecular flexibility index (Phi) is 11.0. The van der Waals surface area contributed by atoms with Crippen molar-refractivity contribution in [1.29, 1.82) is 0 Å². The molecule has 2 aromatic rings. The second-order valence-electron chi connectivity index (χ2n) is 10.5. The van der Waals surface area contributed by atoms with Gasteiger partial charge in [0.25, 0.3) is 5.91 Å². The molecule has 1 heterocycles. The number of rotatable bonds is 13. The van der Waals surface area contributed by atoms with Crippen LogP contribution in [0.3, 0.4) is 0 Å². The van der Waals surface area contributed by atoms with Crippen LogP contribution in [0, 0.1) is 5.92 Å². The third-order valence-electron chi connectivity index (χ3n) is 7.05. The molecule has 0 radical (unpaired) electrons. The molecule has 0 bridgehead atoms. The number of methoxy groups -OCH3 is 1. The van der Waals surface area contributed by atoms with Crippen LogP contribution in [-0.2, 0) is 26.3 Å². The fourth-order valence-corrected chi connectivity index (χ4v) is 5.41. The van der Waals surface area contributed by atoms with Gasteiger partial charge in [0.1, 0.15) is 6.04 Å². The van der Waals surface area contributed by atoms with Gasteiger partial charge in [-0.1, -0.05) is 74.8 Å². The van der Waals surface area contributed by atoms with Crippen molar-refractivity contribution in [2.24, 2.45) is 16.6 Å². The van der Waals surface area contributed by atoms with E-state index >= 15 is 0 Å². The molecule has 0 fully saturated rings. The summed E-state index contributed by atoms with van der Waals surface area (Å²) in [6.07, 6.45) is 2.02. The van der Waals surface area contributed by atoms with E-state index in [-0.39, 0.29) is 36.2 Å². The molecule has 0 spiro atoms. The first-order valence-corrected chi connectivity index (χ1v) is 14.1. The zero-order valence-corrected chi connectivity index (χ0v) is 24.4. The third-order valence-corrected chi connectivity index (χ3v) is 7.29. The van der Waals surface area contributed by atoms with E-state index in [9.17, 15) is 14.4 Å². The molecule has 10 heteroatoms. The fourth-order valence-electron chi connectivity index (χ4n) is 5.20. The van der Waals surface area contributed by atoms with Gasteiger partial charge in [0, 0.05) is 24.0 Å². The van der Waals surface area contributed by atoms with Crippen molar-refractivity contribution in [2.45, 2.75) is 70.5 Å². The number of halogens is 1. The molecule has 3 atom stereocenters. The van der Waals surface area contributed by atoms with Crippen LogP contribution in [0.1, 0.15) is 57.6 Å². The first-order chi connectivity index (χ1) is 19.1. The molecule has 3 amide bonds. The largest absolute Gasteiger partial charge is 0.453 e. The van der Waals surface area contributed by atoms with E-state index in [2.05, 4.69) is 24.5 Å². The number of aliphatic imine (C=N–C) groups is 1. The number of nitrogens with zero attached hydrogens (tertiary/aromatic N) is 2. The second kappa shape index (κ2) is 14.2. The third kappa shape index (κ3) is 7.53. The van der Waals surface area contributed by atoms with Crippen LogP contribution in [0.15, 0.2) is 59.6 Å². The van der Waals surface area contributed by atoms with Crippen molar-refractivity contribution >= 4 is 35.5 Å². The van der Waals surface area contributed by atoms with Crippen LogP contribution >= 0.6 is 11.6 Å². The average molecular weight is 570 g/mol. The van der Waals surface area contributed by atoms with Crippen LogP contribution in [0.2, 0.25) is 5.02 Å². The van der Waals surface area contributed by atoms with Crippen molar-refractivity contribution in [3.05, 3.63) is 70.7 Å². The SMILES string of the molecule is CCC(CCCNC(=O)[C@H](Cc1cccc(Cl)c1)NC(=O)OC)N1C(=O)[C@@](CC(C)C)(c2ccccc2)N=C1N. The molecule has 0 saturated heterocycles. The molecule has 3 rings (SSSR count). The summed E-state index contributed by atoms with van der Waals surface area (Å²) in [7, 11) is 1.25. The zero-order chi connectivity index (χ0) is 29.3. The Morgan fingerprint density at radius 3 is 2.50 bits per heavy atom. The average Bonchev–Trinajstić information content (AvgIpc) is 3.17. The quantitative estimate of drug-likeness (QED) is 0.309. The lowest BCUT2D eigenvalue weighted by molar-refractivity contribution is -0.134. The standard InChI is InChI=1S/C30H40ClN5O4/c1-5-24(36-27(38)30(19-20(2)3,35-28(36)32)22-12-7-6-8-13-22)15-10-16-33-26(37)25(34-29(39)40-4)18-21-11-9-14-23(31)17-21/h6-9,11-14,17,20,24-25H,5,10,15-16,18-19H2,1-4H3,(H2,32,35)(H,33,37)(H,34,39)/t24?,25-,30+/m0/s1. The van der Waals surface area contributed by atoms with Gasteiger partial charge in [0.15, 0.2) is 11.5 Å². The molecule has 216 valence electrons. The zero-order valence-electron chi connectivity index (χ0n) is 23.7. The summed E-state index contributed by atoms with van der Waals surface area (Å²) >= 11 is 6.08. The molecule has 1 aliphatic rings. The first-order valence-electron chi connectivity index (χ1n) is 13.7. The highest BCUT2D eigenvalue weighted by Crippen LogP contribution is 2.40. The van der Waals surface area contributed by atoms with Crippen LogP contribution < -0.4 is 16.4 Å². The summed E-state index contributed by atoms with van der Waals surface area (Å²) < 4.78 is 4.70. The smallest absolute Gasteiger partial charge is 0.407 e. The highest BCUT2D eigenvalue weighted by Gasteiger charge is 2.50. The Bertz CT molecular complexity index is 1210. The van der Waals surface area contributed by atoms with Gasteiger partial charge in [0.05, 0.1) is 7.11 Å². The lowest BCUT2D eigenvalue weighted by Gasteiger charge is -2.32. The van der Waals surface area contributed by atoms with E-state index in [1.165, 1.54) is 7.11 Å². The number of ether oxygens (including phenoxy) is 1. The van der Waals surface area contributed by atoms with Gasteiger partial charge in [-0.3, -0.25) is 14.5 Å². The number of hydrogen-bond acceptors (Lipinski definition) is 6. The van der Waals surface area contributed by atoms with Crippen LogP contribution in [0.4, 0.5) is 4.79 Å². The molecule has 0 saturated carbocycles. The molecule has 1 aliphatic heterocycles. The Balaban J connectivity index is 1.64. The van der Waals surface area contributed by atoms with Crippen LogP contribution in [-0.4, -0.2) is 54.5 Å². The topological polar surface area (TPSA) is 126 Å². The maximum absolute atomic E-state index is 13.9. The lowest BCUT2D eigenvalue weighted by Crippen LogP contribution is -2.49. The van der Waals surface area contributed by atoms with Crippen molar-refractivity contribution in [3.8, 4) is 0 Å². The Labute approximate surface area is 241 Å². The van der Waals surface area contributed by atoms with Gasteiger partial charge in [-0.25, -0.2) is 9.79 Å². The van der Waals surface area contributed by atoms with Crippen LogP contribution in [0.25, 0.3) is 0 Å². The van der Waals surface area contributed by atoms with E-state index in [1.807, 2.05) is 43.3 Å². The predicted octanol–water partition coefficient (Wildman–Crippen LogP) is 4.38. The van der Waals surface area contributed by atoms with E-state index in [0.29, 0.717) is 37.3 Å². The Hall–Kier alpha value is -3.59. The predicted molar refractivity (Wildman–Crippen MR) is 157 cm³/mol. The number of guanidine groups is 1. The van der Waals surface area contributed by atoms with Crippen molar-refractivity contribution < 1.29 is 19.1 Å². The van der Waals surface area contributed by atoms with Gasteiger partial charge in [-0.05, 0) is 54.9 Å². The number of alkyl carbamates (subject to hydrolysis) is 1. The summed E-state index contributed by atoms with van der Waals surface area (Å²) in [4.78, 5) is 45.2. The maximum atomic E-state index is 13.9. The monoisotopic (exact) mass is 569 g/mol. The van der Waals surface area contributed by atoms with E-state index < -0.39 is 17.7 Å². The van der Waals surface area contributed by atoms with Crippen LogP contribution in [0.5, 0.6) is 0 Å². The van der Waals surface area contributed by atoms with Crippen molar-refractivity contribution in [1.82, 2.24) is 15.5 Å². The maximum Gasteiger partial charge on any atom is 0.407 e. The van der Waals surface area contributed by atoms with Gasteiger partial charge < -0.3 is 21.1 Å². The van der Waals surface area contributed by atoms with E-state index in [4.69, 9.17) is 27.1 Å². The number of benzene rings is 2. The molecule has 40 heavy (non-hydrogen) atoms. The number of carbonyl (C=O) groups excluding carboxylic acids is 3. The minimum Gasteiger partial charge on any atom is -0.453 e. The minimum atomic E-state index is -1.03.